The number of hydrogen-bond donors (Lipinski definition) is 2. The minimum Gasteiger partial charge on any atom is -0.493 e. The standard InChI is InChI=1S/C19H18FNO4S/c20-15-5-3-13(4-6-15)14(10-22)11-25-16-7-1-12(2-8-16)9-17-18(23)21-19(24)26-17/h1-8,14,17,22H,9-11H2,(H,21,23,24). The lowest BCUT2D eigenvalue weighted by Crippen LogP contribution is -2.25. The lowest BCUT2D eigenvalue weighted by Gasteiger charge is -2.16. The molecule has 1 fully saturated rings. The Kier molecular flexibility index (Phi) is 5.90. The molecule has 2 aromatic rings. The topological polar surface area (TPSA) is 75.6 Å². The van der Waals surface area contributed by atoms with Crippen LogP contribution in [0.4, 0.5) is 9.18 Å². The molecule has 2 amide bonds. The lowest BCUT2D eigenvalue weighted by atomic mass is 10.0. The summed E-state index contributed by atoms with van der Waals surface area (Å²) in [6.07, 6.45) is 0.470. The number of amides is 2. The molecule has 0 saturated carbocycles. The number of rotatable bonds is 7. The Hall–Kier alpha value is -2.38. The Bertz CT molecular complexity index is 779. The van der Waals surface area contributed by atoms with Gasteiger partial charge in [0.1, 0.15) is 11.6 Å². The number of nitrogens with one attached hydrogen (secondary N) is 1. The lowest BCUT2D eigenvalue weighted by molar-refractivity contribution is -0.118. The average Bonchev–Trinajstić information content (AvgIpc) is 2.95. The number of aliphatic hydroxyl groups is 1. The van der Waals surface area contributed by atoms with Crippen molar-refractivity contribution in [2.24, 2.45) is 0 Å². The summed E-state index contributed by atoms with van der Waals surface area (Å²) >= 11 is 1.00. The van der Waals surface area contributed by atoms with Crippen LogP contribution in [0.5, 0.6) is 5.75 Å². The first-order chi connectivity index (χ1) is 12.5. The smallest absolute Gasteiger partial charge is 0.286 e. The van der Waals surface area contributed by atoms with Gasteiger partial charge in [-0.1, -0.05) is 36.0 Å². The Balaban J connectivity index is 1.56. The molecule has 0 aliphatic carbocycles. The van der Waals surface area contributed by atoms with Crippen LogP contribution in [0.25, 0.3) is 0 Å². The second kappa shape index (κ2) is 8.33. The van der Waals surface area contributed by atoms with Gasteiger partial charge >= 0.3 is 0 Å². The Morgan fingerprint density at radius 3 is 2.38 bits per heavy atom. The third-order valence-corrected chi connectivity index (χ3v) is 5.11. The number of imide groups is 1. The molecule has 2 N–H and O–H groups in total. The van der Waals surface area contributed by atoms with Gasteiger partial charge < -0.3 is 9.84 Å². The molecule has 5 nitrogen and oxygen atoms in total. The van der Waals surface area contributed by atoms with Gasteiger partial charge in [0.15, 0.2) is 0 Å². The highest BCUT2D eigenvalue weighted by molar-refractivity contribution is 8.15. The molecule has 2 unspecified atom stereocenters. The van der Waals surface area contributed by atoms with Crippen molar-refractivity contribution >= 4 is 22.9 Å². The van der Waals surface area contributed by atoms with E-state index in [1.54, 1.807) is 24.3 Å². The van der Waals surface area contributed by atoms with Crippen molar-refractivity contribution < 1.29 is 23.8 Å². The van der Waals surface area contributed by atoms with Crippen LogP contribution in [0.3, 0.4) is 0 Å². The van der Waals surface area contributed by atoms with Crippen molar-refractivity contribution in [1.29, 1.82) is 0 Å². The van der Waals surface area contributed by atoms with Crippen LogP contribution in [0, 0.1) is 5.82 Å². The van der Waals surface area contributed by atoms with Crippen LogP contribution < -0.4 is 10.1 Å². The van der Waals surface area contributed by atoms with Gasteiger partial charge in [0.2, 0.25) is 5.91 Å². The summed E-state index contributed by atoms with van der Waals surface area (Å²) in [5, 5.41) is 11.1. The van der Waals surface area contributed by atoms with Gasteiger partial charge in [-0.25, -0.2) is 4.39 Å². The van der Waals surface area contributed by atoms with Gasteiger partial charge in [0, 0.05) is 5.92 Å². The van der Waals surface area contributed by atoms with Crippen LogP contribution >= 0.6 is 11.8 Å². The first-order valence-electron chi connectivity index (χ1n) is 8.14. The van der Waals surface area contributed by atoms with E-state index in [4.69, 9.17) is 4.74 Å². The molecule has 0 radical (unpaired) electrons. The van der Waals surface area contributed by atoms with Gasteiger partial charge in [-0.05, 0) is 41.8 Å². The van der Waals surface area contributed by atoms with Crippen LogP contribution in [-0.4, -0.2) is 34.7 Å². The van der Waals surface area contributed by atoms with Gasteiger partial charge in [0.25, 0.3) is 5.24 Å². The second-order valence-corrected chi connectivity index (χ2v) is 7.15. The summed E-state index contributed by atoms with van der Waals surface area (Å²) in [6, 6.07) is 13.2. The van der Waals surface area contributed by atoms with E-state index in [-0.39, 0.29) is 36.1 Å². The summed E-state index contributed by atoms with van der Waals surface area (Å²) in [6.45, 7) is 0.155. The molecule has 1 saturated heterocycles. The largest absolute Gasteiger partial charge is 0.493 e. The third-order valence-electron chi connectivity index (χ3n) is 4.12. The number of hydrogen-bond acceptors (Lipinski definition) is 5. The molecular formula is C19H18FNO4S. The number of benzene rings is 2. The Labute approximate surface area is 154 Å². The second-order valence-electron chi connectivity index (χ2n) is 5.97. The summed E-state index contributed by atoms with van der Waals surface area (Å²) < 4.78 is 18.7. The molecule has 0 spiro atoms. The number of thioether (sulfide) groups is 1. The summed E-state index contributed by atoms with van der Waals surface area (Å²) in [5.41, 5.74) is 1.73. The number of halogens is 1. The average molecular weight is 375 g/mol. The zero-order valence-electron chi connectivity index (χ0n) is 13.9. The predicted molar refractivity (Wildman–Crippen MR) is 96.8 cm³/mol. The zero-order valence-corrected chi connectivity index (χ0v) is 14.7. The fraction of sp³-hybridized carbons (Fsp3) is 0.263. The number of ether oxygens (including phenoxy) is 1. The van der Waals surface area contributed by atoms with Gasteiger partial charge in [-0.15, -0.1) is 0 Å². The van der Waals surface area contributed by atoms with E-state index < -0.39 is 5.25 Å². The molecule has 3 rings (SSSR count). The Morgan fingerprint density at radius 1 is 1.12 bits per heavy atom. The van der Waals surface area contributed by atoms with Crippen LogP contribution in [0.15, 0.2) is 48.5 Å². The Morgan fingerprint density at radius 2 is 1.81 bits per heavy atom. The highest BCUT2D eigenvalue weighted by atomic mass is 32.2. The van der Waals surface area contributed by atoms with Crippen molar-refractivity contribution in [3.63, 3.8) is 0 Å². The highest BCUT2D eigenvalue weighted by Gasteiger charge is 2.31. The molecule has 1 heterocycles. The molecule has 0 bridgehead atoms. The number of aliphatic hydroxyl groups excluding tert-OH is 1. The monoisotopic (exact) mass is 375 g/mol. The molecule has 0 aromatic heterocycles. The van der Waals surface area contributed by atoms with E-state index in [1.807, 2.05) is 12.1 Å². The van der Waals surface area contributed by atoms with E-state index in [0.29, 0.717) is 12.2 Å². The van der Waals surface area contributed by atoms with Gasteiger partial charge in [-0.3, -0.25) is 14.9 Å². The minimum absolute atomic E-state index is 0.105. The predicted octanol–water partition coefficient (Wildman–Crippen LogP) is 2.87. The highest BCUT2D eigenvalue weighted by Crippen LogP contribution is 2.24. The first-order valence-corrected chi connectivity index (χ1v) is 9.02. The van der Waals surface area contributed by atoms with E-state index in [0.717, 1.165) is 22.9 Å². The summed E-state index contributed by atoms with van der Waals surface area (Å²) in [5.74, 6) is -0.197. The van der Waals surface area contributed by atoms with Crippen LogP contribution in [-0.2, 0) is 11.2 Å². The van der Waals surface area contributed by atoms with Gasteiger partial charge in [0.05, 0.1) is 18.5 Å². The molecular weight excluding hydrogens is 357 g/mol. The fourth-order valence-corrected chi connectivity index (χ4v) is 3.51. The number of carbonyl (C=O) groups is 2. The molecule has 1 aliphatic heterocycles. The fourth-order valence-electron chi connectivity index (χ4n) is 2.65. The van der Waals surface area contributed by atoms with Crippen LogP contribution in [0.2, 0.25) is 0 Å². The molecule has 136 valence electrons. The maximum absolute atomic E-state index is 13.0. The van der Waals surface area contributed by atoms with Crippen molar-refractivity contribution in [2.75, 3.05) is 13.2 Å². The van der Waals surface area contributed by atoms with Crippen molar-refractivity contribution in [3.05, 3.63) is 65.5 Å². The van der Waals surface area contributed by atoms with E-state index in [1.165, 1.54) is 12.1 Å². The molecule has 1 aliphatic rings. The summed E-state index contributed by atoms with van der Waals surface area (Å²) in [4.78, 5) is 22.8. The molecule has 7 heteroatoms. The SMILES string of the molecule is O=C1NC(=O)C(Cc2ccc(OCC(CO)c3ccc(F)cc3)cc2)S1. The van der Waals surface area contributed by atoms with Crippen LogP contribution in [0.1, 0.15) is 17.0 Å². The van der Waals surface area contributed by atoms with E-state index in [2.05, 4.69) is 5.32 Å². The molecule has 26 heavy (non-hydrogen) atoms. The quantitative estimate of drug-likeness (QED) is 0.778. The zero-order chi connectivity index (χ0) is 18.5. The summed E-state index contributed by atoms with van der Waals surface area (Å²) in [7, 11) is 0. The van der Waals surface area contributed by atoms with E-state index in [9.17, 15) is 19.1 Å². The molecule has 2 atom stereocenters. The molecule has 2 aromatic carbocycles. The van der Waals surface area contributed by atoms with Gasteiger partial charge in [-0.2, -0.15) is 0 Å². The normalized spacial score (nSPS) is 17.8. The first kappa shape index (κ1) is 18.4. The maximum atomic E-state index is 13.0. The van der Waals surface area contributed by atoms with Crippen molar-refractivity contribution in [2.45, 2.75) is 17.6 Å². The number of carbonyl (C=O) groups excluding carboxylic acids is 2. The maximum Gasteiger partial charge on any atom is 0.286 e. The van der Waals surface area contributed by atoms with E-state index >= 15 is 0 Å². The third kappa shape index (κ3) is 4.62. The van der Waals surface area contributed by atoms with Crippen molar-refractivity contribution in [3.8, 4) is 5.75 Å². The van der Waals surface area contributed by atoms with Crippen molar-refractivity contribution in [1.82, 2.24) is 5.32 Å². The minimum atomic E-state index is -0.397.